The van der Waals surface area contributed by atoms with E-state index >= 15 is 0 Å². The maximum atomic E-state index is 11.0. The Labute approximate surface area is 195 Å². The van der Waals surface area contributed by atoms with Crippen LogP contribution in [0.2, 0.25) is 5.04 Å². The van der Waals surface area contributed by atoms with E-state index in [0.29, 0.717) is 13.0 Å². The van der Waals surface area contributed by atoms with Crippen LogP contribution in [0.15, 0.2) is 60.7 Å². The SMILES string of the molecule is C[C@H]([C@@H]1OC(C)(C)O[C@@H]1C)[C@H](O)CCO[Si](c1ccccc1)(c1ccccc1)C(C)(C)C. The summed E-state index contributed by atoms with van der Waals surface area (Å²) >= 11 is 0. The second-order valence-corrected chi connectivity index (χ2v) is 14.8. The summed E-state index contributed by atoms with van der Waals surface area (Å²) in [4.78, 5) is 0. The molecule has 5 heteroatoms. The zero-order valence-corrected chi connectivity index (χ0v) is 21.7. The normalized spacial score (nSPS) is 23.1. The Hall–Kier alpha value is -1.50. The molecule has 0 amide bonds. The van der Waals surface area contributed by atoms with Crippen LogP contribution in [0, 0.1) is 5.92 Å². The van der Waals surface area contributed by atoms with Crippen molar-refractivity contribution in [2.75, 3.05) is 6.61 Å². The maximum absolute atomic E-state index is 11.0. The molecular weight excluding hydrogens is 416 g/mol. The molecule has 1 heterocycles. The highest BCUT2D eigenvalue weighted by atomic mass is 28.4. The monoisotopic (exact) mass is 456 g/mol. The van der Waals surface area contributed by atoms with E-state index < -0.39 is 20.2 Å². The van der Waals surface area contributed by atoms with Crippen LogP contribution in [0.1, 0.15) is 54.9 Å². The summed E-state index contributed by atoms with van der Waals surface area (Å²) in [5.41, 5.74) is 0. The van der Waals surface area contributed by atoms with E-state index in [4.69, 9.17) is 13.9 Å². The maximum Gasteiger partial charge on any atom is 0.261 e. The molecule has 4 atom stereocenters. The lowest BCUT2D eigenvalue weighted by Crippen LogP contribution is -2.66. The molecule has 1 saturated heterocycles. The molecule has 1 N–H and O–H groups in total. The van der Waals surface area contributed by atoms with Crippen LogP contribution in [0.5, 0.6) is 0 Å². The predicted octanol–water partition coefficient (Wildman–Crippen LogP) is 4.49. The number of hydrogen-bond donors (Lipinski definition) is 1. The molecule has 2 aromatic carbocycles. The van der Waals surface area contributed by atoms with E-state index in [0.717, 1.165) is 0 Å². The highest BCUT2D eigenvalue weighted by molar-refractivity contribution is 6.99. The summed E-state index contributed by atoms with van der Waals surface area (Å²) in [6, 6.07) is 21.2. The van der Waals surface area contributed by atoms with Gasteiger partial charge in [-0.15, -0.1) is 0 Å². The van der Waals surface area contributed by atoms with Gasteiger partial charge in [-0.1, -0.05) is 88.4 Å². The molecule has 3 rings (SSSR count). The Bertz CT molecular complexity index is 807. The van der Waals surface area contributed by atoms with Crippen LogP contribution in [0.25, 0.3) is 0 Å². The smallest absolute Gasteiger partial charge is 0.261 e. The topological polar surface area (TPSA) is 47.9 Å². The Morgan fingerprint density at radius 2 is 1.47 bits per heavy atom. The van der Waals surface area contributed by atoms with E-state index in [9.17, 15) is 5.11 Å². The number of aliphatic hydroxyl groups is 1. The average molecular weight is 457 g/mol. The van der Waals surface area contributed by atoms with Crippen LogP contribution >= 0.6 is 0 Å². The minimum Gasteiger partial charge on any atom is -0.407 e. The fourth-order valence-electron chi connectivity index (χ4n) is 5.08. The number of rotatable bonds is 8. The van der Waals surface area contributed by atoms with Gasteiger partial charge < -0.3 is 19.0 Å². The van der Waals surface area contributed by atoms with Crippen molar-refractivity contribution in [1.29, 1.82) is 0 Å². The van der Waals surface area contributed by atoms with Crippen molar-refractivity contribution < 1.29 is 19.0 Å². The zero-order chi connectivity index (χ0) is 23.6. The van der Waals surface area contributed by atoms with Crippen LogP contribution < -0.4 is 10.4 Å². The molecular formula is C27H40O4Si. The summed E-state index contributed by atoms with van der Waals surface area (Å²) in [5.74, 6) is -0.654. The lowest BCUT2D eigenvalue weighted by Gasteiger charge is -2.43. The van der Waals surface area contributed by atoms with Crippen molar-refractivity contribution in [2.45, 2.75) is 84.0 Å². The predicted molar refractivity (Wildman–Crippen MR) is 133 cm³/mol. The van der Waals surface area contributed by atoms with Crippen LogP contribution in [0.4, 0.5) is 0 Å². The summed E-state index contributed by atoms with van der Waals surface area (Å²) in [6.07, 6.45) is -0.156. The molecule has 32 heavy (non-hydrogen) atoms. The highest BCUT2D eigenvalue weighted by Crippen LogP contribution is 2.37. The molecule has 0 bridgehead atoms. The molecule has 0 spiro atoms. The molecule has 2 aromatic rings. The van der Waals surface area contributed by atoms with E-state index in [1.807, 2.05) is 39.8 Å². The van der Waals surface area contributed by atoms with Crippen LogP contribution in [-0.4, -0.2) is 44.1 Å². The summed E-state index contributed by atoms with van der Waals surface area (Å²) in [6.45, 7) is 15.2. The Kier molecular flexibility index (Phi) is 7.68. The largest absolute Gasteiger partial charge is 0.407 e. The standard InChI is InChI=1S/C27H40O4Si/c1-20(25-21(2)30-27(6,7)31-25)24(28)18-19-29-32(26(3,4)5,22-14-10-8-11-15-22)23-16-12-9-13-17-23/h8-17,20-21,24-25,28H,18-19H2,1-7H3/t20-,21+,24+,25-/m0/s1. The van der Waals surface area contributed by atoms with Gasteiger partial charge in [0.1, 0.15) is 0 Å². The first-order valence-corrected chi connectivity index (χ1v) is 13.7. The van der Waals surface area contributed by atoms with E-state index in [1.165, 1.54) is 10.4 Å². The van der Waals surface area contributed by atoms with E-state index in [-0.39, 0.29) is 23.2 Å². The molecule has 4 nitrogen and oxygen atoms in total. The molecule has 176 valence electrons. The third kappa shape index (κ3) is 5.18. The average Bonchev–Trinajstić information content (AvgIpc) is 3.03. The van der Waals surface area contributed by atoms with Crippen LogP contribution in [0.3, 0.4) is 0 Å². The Balaban J connectivity index is 1.81. The van der Waals surface area contributed by atoms with Gasteiger partial charge in [-0.25, -0.2) is 0 Å². The van der Waals surface area contributed by atoms with E-state index in [2.05, 4.69) is 69.3 Å². The Morgan fingerprint density at radius 3 is 1.88 bits per heavy atom. The van der Waals surface area contributed by atoms with Crippen LogP contribution in [-0.2, 0) is 13.9 Å². The third-order valence-electron chi connectivity index (χ3n) is 6.63. The zero-order valence-electron chi connectivity index (χ0n) is 20.7. The third-order valence-corrected chi connectivity index (χ3v) is 11.7. The number of benzene rings is 2. The van der Waals surface area contributed by atoms with Gasteiger partial charge in [0.2, 0.25) is 0 Å². The molecule has 1 aliphatic heterocycles. The minimum atomic E-state index is -2.59. The Morgan fingerprint density at radius 1 is 0.969 bits per heavy atom. The quantitative estimate of drug-likeness (QED) is 0.595. The number of ether oxygens (including phenoxy) is 2. The number of hydrogen-bond acceptors (Lipinski definition) is 4. The lowest BCUT2D eigenvalue weighted by atomic mass is 9.93. The molecule has 0 radical (unpaired) electrons. The van der Waals surface area contributed by atoms with E-state index in [1.54, 1.807) is 0 Å². The second kappa shape index (κ2) is 9.78. The van der Waals surface area contributed by atoms with Crippen molar-refractivity contribution in [3.8, 4) is 0 Å². The van der Waals surface area contributed by atoms with Crippen molar-refractivity contribution in [2.24, 2.45) is 5.92 Å². The second-order valence-electron chi connectivity index (χ2n) is 10.5. The summed E-state index contributed by atoms with van der Waals surface area (Å²) < 4.78 is 18.9. The molecule has 1 aliphatic rings. The fourth-order valence-corrected chi connectivity index (χ4v) is 9.66. The lowest BCUT2D eigenvalue weighted by molar-refractivity contribution is -0.152. The molecule has 0 saturated carbocycles. The number of aliphatic hydroxyl groups excluding tert-OH is 1. The van der Waals surface area contributed by atoms with Gasteiger partial charge in [0.05, 0.1) is 18.3 Å². The first kappa shape index (κ1) is 25.1. The molecule has 1 fully saturated rings. The van der Waals surface area contributed by atoms with Crippen molar-refractivity contribution in [3.05, 3.63) is 60.7 Å². The molecule has 0 aromatic heterocycles. The summed E-state index contributed by atoms with van der Waals surface area (Å²) in [5, 5.41) is 13.4. The van der Waals surface area contributed by atoms with Gasteiger partial charge in [0, 0.05) is 12.5 Å². The first-order chi connectivity index (χ1) is 15.0. The first-order valence-electron chi connectivity index (χ1n) is 11.8. The highest BCUT2D eigenvalue weighted by Gasteiger charge is 2.50. The molecule has 0 aliphatic carbocycles. The minimum absolute atomic E-state index is 0.0467. The van der Waals surface area contributed by atoms with Crippen molar-refractivity contribution in [3.63, 3.8) is 0 Å². The summed E-state index contributed by atoms with van der Waals surface area (Å²) in [7, 11) is -2.59. The van der Waals surface area contributed by atoms with Crippen molar-refractivity contribution in [1.82, 2.24) is 0 Å². The van der Waals surface area contributed by atoms with Gasteiger partial charge in [-0.2, -0.15) is 0 Å². The van der Waals surface area contributed by atoms with Gasteiger partial charge in [0.25, 0.3) is 8.32 Å². The van der Waals surface area contributed by atoms with Gasteiger partial charge in [-0.05, 0) is 42.6 Å². The van der Waals surface area contributed by atoms with Crippen molar-refractivity contribution >= 4 is 18.7 Å². The van der Waals surface area contributed by atoms with Gasteiger partial charge in [0.15, 0.2) is 5.79 Å². The van der Waals surface area contributed by atoms with Gasteiger partial charge >= 0.3 is 0 Å². The van der Waals surface area contributed by atoms with Gasteiger partial charge in [-0.3, -0.25) is 0 Å². The molecule has 0 unspecified atom stereocenters. The fraction of sp³-hybridized carbons (Fsp3) is 0.556.